The summed E-state index contributed by atoms with van der Waals surface area (Å²) in [4.78, 5) is 3.83. The van der Waals surface area contributed by atoms with Gasteiger partial charge in [-0.25, -0.2) is 4.98 Å². The number of aromatic nitrogens is 2. The van der Waals surface area contributed by atoms with Gasteiger partial charge in [-0.3, -0.25) is 0 Å². The lowest BCUT2D eigenvalue weighted by molar-refractivity contribution is -0.140. The number of nitrogens with zero attached hydrogens (tertiary/aromatic N) is 2. The number of halogens is 3. The Morgan fingerprint density at radius 1 is 1.13 bits per heavy atom. The van der Waals surface area contributed by atoms with Crippen LogP contribution in [0.1, 0.15) is 51.9 Å². The molecule has 0 radical (unpaired) electrons. The first-order valence-corrected chi connectivity index (χ1v) is 13.2. The van der Waals surface area contributed by atoms with Crippen molar-refractivity contribution in [1.29, 1.82) is 0 Å². The van der Waals surface area contributed by atoms with Crippen LogP contribution in [0.5, 0.6) is 5.75 Å². The first kappa shape index (κ1) is 25.4. The number of benzene rings is 1. The molecule has 9 heteroatoms. The minimum Gasteiger partial charge on any atom is -0.491 e. The molecule has 2 aromatic rings. The van der Waals surface area contributed by atoms with Crippen LogP contribution in [-0.4, -0.2) is 36.2 Å². The van der Waals surface area contributed by atoms with Crippen LogP contribution in [0, 0.1) is 0 Å². The first-order chi connectivity index (χ1) is 14.2. The molecule has 0 saturated heterocycles. The summed E-state index contributed by atoms with van der Waals surface area (Å²) in [5.41, 5.74) is 0.101. The standard InChI is InChI=1S/C22H33F3N2O3Si/c1-15(2)27-13-19(22(23,24)25)26-20(27)16-8-9-17(14-28)18(12-16)29-10-11-30-31(6,7)21(3,4)5/h8-9,12-13,15,28H,10-11,14H2,1-7H3. The summed E-state index contributed by atoms with van der Waals surface area (Å²) in [6.07, 6.45) is -3.51. The van der Waals surface area contributed by atoms with Crippen LogP contribution in [0.15, 0.2) is 24.4 Å². The summed E-state index contributed by atoms with van der Waals surface area (Å²) < 4.78 is 53.0. The van der Waals surface area contributed by atoms with E-state index in [4.69, 9.17) is 9.16 Å². The van der Waals surface area contributed by atoms with E-state index in [0.29, 0.717) is 23.5 Å². The van der Waals surface area contributed by atoms with Crippen LogP contribution < -0.4 is 4.74 Å². The van der Waals surface area contributed by atoms with Crippen molar-refractivity contribution in [2.45, 2.75) is 71.6 Å². The lowest BCUT2D eigenvalue weighted by Crippen LogP contribution is -2.41. The SMILES string of the molecule is CC(C)n1cc(C(F)(F)F)nc1-c1ccc(CO)c(OCCO[Si](C)(C)C(C)(C)C)c1. The molecule has 174 valence electrons. The van der Waals surface area contributed by atoms with E-state index in [1.165, 1.54) is 4.57 Å². The van der Waals surface area contributed by atoms with Crippen molar-refractivity contribution in [3.8, 4) is 17.1 Å². The number of aliphatic hydroxyl groups is 1. The predicted molar refractivity (Wildman–Crippen MR) is 118 cm³/mol. The highest BCUT2D eigenvalue weighted by atomic mass is 28.4. The van der Waals surface area contributed by atoms with Crippen molar-refractivity contribution < 1.29 is 27.4 Å². The number of rotatable bonds is 8. The summed E-state index contributed by atoms with van der Waals surface area (Å²) in [7, 11) is -1.91. The van der Waals surface area contributed by atoms with E-state index in [1.54, 1.807) is 32.0 Å². The Morgan fingerprint density at radius 2 is 1.77 bits per heavy atom. The molecular formula is C22H33F3N2O3Si. The molecule has 0 aliphatic heterocycles. The molecule has 0 aliphatic carbocycles. The van der Waals surface area contributed by atoms with Gasteiger partial charge >= 0.3 is 6.18 Å². The first-order valence-electron chi connectivity index (χ1n) is 10.3. The molecule has 0 bridgehead atoms. The van der Waals surface area contributed by atoms with Crippen LogP contribution in [-0.2, 0) is 17.2 Å². The quantitative estimate of drug-likeness (QED) is 0.387. The summed E-state index contributed by atoms with van der Waals surface area (Å²) in [5, 5.41) is 9.73. The van der Waals surface area contributed by atoms with Crippen molar-refractivity contribution >= 4 is 8.32 Å². The molecule has 1 heterocycles. The highest BCUT2D eigenvalue weighted by Gasteiger charge is 2.37. The van der Waals surface area contributed by atoms with E-state index in [0.717, 1.165) is 6.20 Å². The topological polar surface area (TPSA) is 56.5 Å². The molecule has 0 amide bonds. The van der Waals surface area contributed by atoms with E-state index in [-0.39, 0.29) is 30.1 Å². The van der Waals surface area contributed by atoms with Crippen molar-refractivity contribution in [1.82, 2.24) is 9.55 Å². The molecule has 0 aliphatic rings. The second-order valence-corrected chi connectivity index (χ2v) is 14.2. The zero-order valence-corrected chi connectivity index (χ0v) is 20.3. The molecule has 1 aromatic carbocycles. The van der Waals surface area contributed by atoms with Crippen LogP contribution in [0.25, 0.3) is 11.4 Å². The lowest BCUT2D eigenvalue weighted by Gasteiger charge is -2.36. The van der Waals surface area contributed by atoms with E-state index >= 15 is 0 Å². The molecule has 0 spiro atoms. The molecule has 0 atom stereocenters. The number of imidazole rings is 1. The van der Waals surface area contributed by atoms with Gasteiger partial charge in [0.25, 0.3) is 0 Å². The van der Waals surface area contributed by atoms with Gasteiger partial charge in [-0.05, 0) is 38.0 Å². The van der Waals surface area contributed by atoms with Gasteiger partial charge in [0.15, 0.2) is 14.0 Å². The maximum atomic E-state index is 13.2. The Hall–Kier alpha value is -1.84. The summed E-state index contributed by atoms with van der Waals surface area (Å²) in [6.45, 7) is 14.8. The fourth-order valence-electron chi connectivity index (χ4n) is 2.76. The Labute approximate surface area is 183 Å². The maximum absolute atomic E-state index is 13.2. The molecule has 0 fully saturated rings. The number of alkyl halides is 3. The van der Waals surface area contributed by atoms with Crippen molar-refractivity contribution in [2.75, 3.05) is 13.2 Å². The molecule has 5 nitrogen and oxygen atoms in total. The van der Waals surface area contributed by atoms with E-state index in [9.17, 15) is 18.3 Å². The van der Waals surface area contributed by atoms with Gasteiger partial charge in [0.1, 0.15) is 18.2 Å². The summed E-state index contributed by atoms with van der Waals surface area (Å²) in [6, 6.07) is 4.70. The highest BCUT2D eigenvalue weighted by Crippen LogP contribution is 2.37. The Bertz CT molecular complexity index is 887. The van der Waals surface area contributed by atoms with Crippen molar-refractivity contribution in [3.63, 3.8) is 0 Å². The van der Waals surface area contributed by atoms with Crippen LogP contribution in [0.2, 0.25) is 18.1 Å². The smallest absolute Gasteiger partial charge is 0.434 e. The van der Waals surface area contributed by atoms with Crippen LogP contribution in [0.3, 0.4) is 0 Å². The van der Waals surface area contributed by atoms with Crippen molar-refractivity contribution in [2.24, 2.45) is 0 Å². The van der Waals surface area contributed by atoms with Gasteiger partial charge < -0.3 is 18.8 Å². The number of hydrogen-bond donors (Lipinski definition) is 1. The molecule has 0 saturated carbocycles. The Kier molecular flexibility index (Phi) is 7.66. The van der Waals surface area contributed by atoms with Crippen molar-refractivity contribution in [3.05, 3.63) is 35.7 Å². The zero-order valence-electron chi connectivity index (χ0n) is 19.3. The average Bonchev–Trinajstić information content (AvgIpc) is 3.10. The monoisotopic (exact) mass is 458 g/mol. The third kappa shape index (κ3) is 6.11. The third-order valence-electron chi connectivity index (χ3n) is 5.68. The number of ether oxygens (including phenoxy) is 1. The van der Waals surface area contributed by atoms with Gasteiger partial charge in [0, 0.05) is 23.4 Å². The van der Waals surface area contributed by atoms with Crippen LogP contribution >= 0.6 is 0 Å². The van der Waals surface area contributed by atoms with Gasteiger partial charge in [-0.1, -0.05) is 32.9 Å². The Balaban J connectivity index is 2.26. The van der Waals surface area contributed by atoms with Gasteiger partial charge in [0.2, 0.25) is 0 Å². The second kappa shape index (κ2) is 9.34. The molecule has 0 unspecified atom stereocenters. The van der Waals surface area contributed by atoms with E-state index in [2.05, 4.69) is 38.8 Å². The lowest BCUT2D eigenvalue weighted by atomic mass is 10.1. The summed E-state index contributed by atoms with van der Waals surface area (Å²) >= 11 is 0. The third-order valence-corrected chi connectivity index (χ3v) is 10.2. The van der Waals surface area contributed by atoms with Crippen LogP contribution in [0.4, 0.5) is 13.2 Å². The molecule has 2 rings (SSSR count). The van der Waals surface area contributed by atoms with Gasteiger partial charge in [0.05, 0.1) is 13.2 Å². The molecule has 1 N–H and O–H groups in total. The molecule has 1 aromatic heterocycles. The number of hydrogen-bond acceptors (Lipinski definition) is 4. The van der Waals surface area contributed by atoms with E-state index in [1.807, 2.05) is 0 Å². The predicted octanol–water partition coefficient (Wildman–Crippen LogP) is 6.04. The van der Waals surface area contributed by atoms with Gasteiger partial charge in [-0.2, -0.15) is 13.2 Å². The fraction of sp³-hybridized carbons (Fsp3) is 0.591. The normalized spacial score (nSPS) is 13.2. The average molecular weight is 459 g/mol. The summed E-state index contributed by atoms with van der Waals surface area (Å²) in [5.74, 6) is 0.611. The Morgan fingerprint density at radius 3 is 2.29 bits per heavy atom. The largest absolute Gasteiger partial charge is 0.491 e. The number of aliphatic hydroxyl groups excluding tert-OH is 1. The minimum atomic E-state index is -4.53. The minimum absolute atomic E-state index is 0.0767. The molecular weight excluding hydrogens is 425 g/mol. The van der Waals surface area contributed by atoms with E-state index < -0.39 is 20.2 Å². The van der Waals surface area contributed by atoms with Gasteiger partial charge in [-0.15, -0.1) is 0 Å². The maximum Gasteiger partial charge on any atom is 0.434 e. The molecule has 31 heavy (non-hydrogen) atoms. The second-order valence-electron chi connectivity index (χ2n) is 9.39. The zero-order chi connectivity index (χ0) is 23.6. The highest BCUT2D eigenvalue weighted by molar-refractivity contribution is 6.74. The fourth-order valence-corrected chi connectivity index (χ4v) is 3.79.